The number of urea groups is 1. The molecule has 0 saturated carbocycles. The van der Waals surface area contributed by atoms with Crippen LogP contribution in [-0.4, -0.2) is 54.5 Å². The van der Waals surface area contributed by atoms with Crippen molar-refractivity contribution in [2.24, 2.45) is 5.41 Å². The van der Waals surface area contributed by atoms with Crippen LogP contribution in [0.1, 0.15) is 47.0 Å². The third-order valence-electron chi connectivity index (χ3n) is 3.37. The van der Waals surface area contributed by atoms with E-state index in [0.29, 0.717) is 26.1 Å². The number of carbonyl (C=O) groups is 2. The molecule has 5 heteroatoms. The van der Waals surface area contributed by atoms with Crippen molar-refractivity contribution >= 4 is 11.9 Å². The van der Waals surface area contributed by atoms with Gasteiger partial charge in [-0.1, -0.05) is 27.7 Å². The second-order valence-electron chi connectivity index (χ2n) is 6.69. The molecule has 0 atom stereocenters. The first-order valence-electron chi connectivity index (χ1n) is 7.64. The van der Waals surface area contributed by atoms with Crippen LogP contribution in [0.2, 0.25) is 0 Å². The lowest BCUT2D eigenvalue weighted by Gasteiger charge is -2.25. The van der Waals surface area contributed by atoms with Crippen molar-refractivity contribution < 1.29 is 9.59 Å². The van der Waals surface area contributed by atoms with E-state index in [2.05, 4.69) is 26.1 Å². The molecule has 0 aromatic carbocycles. The molecule has 5 nitrogen and oxygen atoms in total. The molecule has 0 radical (unpaired) electrons. The summed E-state index contributed by atoms with van der Waals surface area (Å²) < 4.78 is 0. The van der Waals surface area contributed by atoms with Crippen LogP contribution in [0, 0.1) is 5.41 Å². The van der Waals surface area contributed by atoms with Crippen molar-refractivity contribution in [3.63, 3.8) is 0 Å². The van der Waals surface area contributed by atoms with Crippen molar-refractivity contribution in [2.75, 3.05) is 32.7 Å². The number of hydrogen-bond donors (Lipinski definition) is 1. The Hall–Kier alpha value is -1.26. The summed E-state index contributed by atoms with van der Waals surface area (Å²) in [7, 11) is 0. The van der Waals surface area contributed by atoms with Gasteiger partial charge >= 0.3 is 6.03 Å². The third-order valence-corrected chi connectivity index (χ3v) is 3.37. The number of rotatable bonds is 3. The monoisotopic (exact) mass is 283 g/mol. The average Bonchev–Trinajstić information content (AvgIpc) is 2.61. The topological polar surface area (TPSA) is 52.7 Å². The van der Waals surface area contributed by atoms with Crippen molar-refractivity contribution in [1.82, 2.24) is 15.1 Å². The molecule has 1 aliphatic rings. The summed E-state index contributed by atoms with van der Waals surface area (Å²) in [6.07, 6.45) is 2.35. The lowest BCUT2D eigenvalue weighted by Crippen LogP contribution is -2.44. The van der Waals surface area contributed by atoms with Gasteiger partial charge < -0.3 is 15.1 Å². The molecule has 3 amide bonds. The summed E-state index contributed by atoms with van der Waals surface area (Å²) in [4.78, 5) is 27.7. The Morgan fingerprint density at radius 2 is 1.65 bits per heavy atom. The van der Waals surface area contributed by atoms with Gasteiger partial charge in [-0.05, 0) is 18.3 Å². The average molecular weight is 283 g/mol. The zero-order valence-electron chi connectivity index (χ0n) is 13.4. The van der Waals surface area contributed by atoms with Gasteiger partial charge in [0, 0.05) is 39.1 Å². The Kier molecular flexibility index (Phi) is 6.30. The van der Waals surface area contributed by atoms with Gasteiger partial charge in [0.25, 0.3) is 0 Å². The number of nitrogens with one attached hydrogen (secondary N) is 1. The first-order valence-corrected chi connectivity index (χ1v) is 7.64. The van der Waals surface area contributed by atoms with Gasteiger partial charge in [-0.3, -0.25) is 4.79 Å². The smallest absolute Gasteiger partial charge is 0.317 e. The fourth-order valence-corrected chi connectivity index (χ4v) is 2.19. The number of amides is 3. The minimum absolute atomic E-state index is 0.00952. The van der Waals surface area contributed by atoms with Gasteiger partial charge in [0.05, 0.1) is 0 Å². The Bertz CT molecular complexity index is 337. The number of nitrogens with zero attached hydrogens (tertiary/aromatic N) is 2. The highest BCUT2D eigenvalue weighted by Crippen LogP contribution is 2.11. The van der Waals surface area contributed by atoms with Crippen LogP contribution in [0.3, 0.4) is 0 Å². The molecule has 1 fully saturated rings. The molecule has 1 rings (SSSR count). The van der Waals surface area contributed by atoms with Gasteiger partial charge in [0.1, 0.15) is 0 Å². The Morgan fingerprint density at radius 1 is 1.05 bits per heavy atom. The Labute approximate surface area is 122 Å². The lowest BCUT2D eigenvalue weighted by molar-refractivity contribution is -0.131. The van der Waals surface area contributed by atoms with E-state index in [0.717, 1.165) is 25.9 Å². The fourth-order valence-electron chi connectivity index (χ4n) is 2.19. The van der Waals surface area contributed by atoms with Crippen LogP contribution < -0.4 is 5.32 Å². The summed E-state index contributed by atoms with van der Waals surface area (Å²) in [6, 6.07) is -0.00952. The second-order valence-corrected chi connectivity index (χ2v) is 6.69. The summed E-state index contributed by atoms with van der Waals surface area (Å²) in [5.41, 5.74) is 0.0879. The Morgan fingerprint density at radius 3 is 2.25 bits per heavy atom. The highest BCUT2D eigenvalue weighted by Gasteiger charge is 2.22. The molecular formula is C15H29N3O2. The maximum Gasteiger partial charge on any atom is 0.317 e. The van der Waals surface area contributed by atoms with E-state index in [1.807, 2.05) is 16.7 Å². The zero-order valence-corrected chi connectivity index (χ0v) is 13.4. The van der Waals surface area contributed by atoms with E-state index in [1.165, 1.54) is 0 Å². The van der Waals surface area contributed by atoms with Crippen LogP contribution in [-0.2, 0) is 4.79 Å². The fraction of sp³-hybridized carbons (Fsp3) is 0.867. The summed E-state index contributed by atoms with van der Waals surface area (Å²) in [6.45, 7) is 11.8. The van der Waals surface area contributed by atoms with Crippen molar-refractivity contribution in [3.05, 3.63) is 0 Å². The van der Waals surface area contributed by atoms with Gasteiger partial charge in [0.15, 0.2) is 0 Å². The van der Waals surface area contributed by atoms with Gasteiger partial charge in [-0.2, -0.15) is 0 Å². The predicted molar refractivity (Wildman–Crippen MR) is 80.5 cm³/mol. The lowest BCUT2D eigenvalue weighted by atomic mass is 9.97. The summed E-state index contributed by atoms with van der Waals surface area (Å²) >= 11 is 0. The molecule has 116 valence electrons. The Balaban J connectivity index is 2.43. The van der Waals surface area contributed by atoms with E-state index in [1.54, 1.807) is 0 Å². The van der Waals surface area contributed by atoms with Gasteiger partial charge in [-0.15, -0.1) is 0 Å². The molecule has 0 bridgehead atoms. The second kappa shape index (κ2) is 7.50. The van der Waals surface area contributed by atoms with E-state index >= 15 is 0 Å². The molecule has 0 aromatic heterocycles. The molecule has 1 aliphatic heterocycles. The SMILES string of the molecule is CCCC(=O)N1CCCN(C(=O)NCC(C)(C)C)CC1. The van der Waals surface area contributed by atoms with Crippen molar-refractivity contribution in [3.8, 4) is 0 Å². The molecule has 20 heavy (non-hydrogen) atoms. The van der Waals surface area contributed by atoms with E-state index < -0.39 is 0 Å². The van der Waals surface area contributed by atoms with E-state index in [4.69, 9.17) is 0 Å². The molecule has 1 N–H and O–H groups in total. The molecule has 0 unspecified atom stereocenters. The van der Waals surface area contributed by atoms with Crippen LogP contribution in [0.5, 0.6) is 0 Å². The molecular weight excluding hydrogens is 254 g/mol. The van der Waals surface area contributed by atoms with Crippen LogP contribution in [0.25, 0.3) is 0 Å². The van der Waals surface area contributed by atoms with E-state index in [9.17, 15) is 9.59 Å². The van der Waals surface area contributed by atoms with Gasteiger partial charge in [0.2, 0.25) is 5.91 Å². The molecule has 1 saturated heterocycles. The molecule has 1 heterocycles. The number of carbonyl (C=O) groups excluding carboxylic acids is 2. The molecule has 0 aromatic rings. The molecule has 0 aliphatic carbocycles. The first kappa shape index (κ1) is 16.8. The largest absolute Gasteiger partial charge is 0.341 e. The minimum Gasteiger partial charge on any atom is -0.341 e. The molecule has 0 spiro atoms. The zero-order chi connectivity index (χ0) is 15.2. The van der Waals surface area contributed by atoms with E-state index in [-0.39, 0.29) is 17.4 Å². The van der Waals surface area contributed by atoms with Crippen LogP contribution >= 0.6 is 0 Å². The summed E-state index contributed by atoms with van der Waals surface area (Å²) in [5.74, 6) is 0.212. The maximum atomic E-state index is 12.1. The van der Waals surface area contributed by atoms with Crippen LogP contribution in [0.15, 0.2) is 0 Å². The first-order chi connectivity index (χ1) is 9.33. The number of hydrogen-bond acceptors (Lipinski definition) is 2. The maximum absolute atomic E-state index is 12.1. The quantitative estimate of drug-likeness (QED) is 0.862. The van der Waals surface area contributed by atoms with Crippen LogP contribution in [0.4, 0.5) is 4.79 Å². The third kappa shape index (κ3) is 5.80. The standard InChI is InChI=1S/C15H29N3O2/c1-5-7-13(19)17-8-6-9-18(11-10-17)14(20)16-12-15(2,3)4/h5-12H2,1-4H3,(H,16,20). The minimum atomic E-state index is -0.00952. The van der Waals surface area contributed by atoms with Crippen molar-refractivity contribution in [1.29, 1.82) is 0 Å². The highest BCUT2D eigenvalue weighted by molar-refractivity contribution is 5.77. The predicted octanol–water partition coefficient (Wildman–Crippen LogP) is 2.08. The van der Waals surface area contributed by atoms with Gasteiger partial charge in [-0.25, -0.2) is 4.79 Å². The highest BCUT2D eigenvalue weighted by atomic mass is 16.2. The normalized spacial score (nSPS) is 16.8. The van der Waals surface area contributed by atoms with Crippen molar-refractivity contribution in [2.45, 2.75) is 47.0 Å². The summed E-state index contributed by atoms with van der Waals surface area (Å²) in [5, 5.41) is 2.97.